The van der Waals surface area contributed by atoms with Gasteiger partial charge in [-0.25, -0.2) is 0 Å². The molecule has 0 saturated heterocycles. The molecule has 2 aromatic rings. The Hall–Kier alpha value is -1.77. The molecule has 0 amide bonds. The lowest BCUT2D eigenvalue weighted by atomic mass is 10.2. The van der Waals surface area contributed by atoms with Crippen LogP contribution in [0.5, 0.6) is 5.75 Å². The molecule has 2 rings (SSSR count). The van der Waals surface area contributed by atoms with Gasteiger partial charge in [-0.2, -0.15) is 0 Å². The van der Waals surface area contributed by atoms with E-state index < -0.39 is 0 Å². The summed E-state index contributed by atoms with van der Waals surface area (Å²) in [6, 6.07) is 7.26. The van der Waals surface area contributed by atoms with E-state index >= 15 is 0 Å². The molecule has 0 unspecified atom stereocenters. The Labute approximate surface area is 81.3 Å². The molecule has 0 aliphatic heterocycles. The quantitative estimate of drug-likeness (QED) is 0.784. The predicted octanol–water partition coefficient (Wildman–Crippen LogP) is 1.93. The Morgan fingerprint density at radius 3 is 2.93 bits per heavy atom. The number of pyridine rings is 1. The highest BCUT2D eigenvalue weighted by Gasteiger charge is 1.96. The maximum Gasteiger partial charge on any atom is 0.248 e. The lowest BCUT2D eigenvalue weighted by molar-refractivity contribution is 0.341. The average Bonchev–Trinajstić information content (AvgIpc) is 2.17. The molecule has 0 aliphatic rings. The summed E-state index contributed by atoms with van der Waals surface area (Å²) in [7, 11) is 0. The molecule has 0 fully saturated rings. The van der Waals surface area contributed by atoms with Crippen LogP contribution in [0.4, 0.5) is 0 Å². The number of rotatable bonds is 2. The molecule has 1 aromatic carbocycles. The zero-order valence-corrected chi connectivity index (χ0v) is 7.91. The van der Waals surface area contributed by atoms with E-state index in [-0.39, 0.29) is 5.56 Å². The maximum atomic E-state index is 11.1. The van der Waals surface area contributed by atoms with Gasteiger partial charge in [0.15, 0.2) is 0 Å². The van der Waals surface area contributed by atoms with Crippen molar-refractivity contribution < 1.29 is 4.74 Å². The van der Waals surface area contributed by atoms with Crippen molar-refractivity contribution >= 4 is 10.8 Å². The van der Waals surface area contributed by atoms with Gasteiger partial charge < -0.3 is 9.72 Å². The van der Waals surface area contributed by atoms with Gasteiger partial charge in [-0.15, -0.1) is 0 Å². The Morgan fingerprint density at radius 2 is 2.14 bits per heavy atom. The molecule has 1 N–H and O–H groups in total. The van der Waals surface area contributed by atoms with Gasteiger partial charge in [-0.3, -0.25) is 4.79 Å². The predicted molar refractivity (Wildman–Crippen MR) is 55.7 cm³/mol. The fourth-order valence-corrected chi connectivity index (χ4v) is 1.40. The minimum absolute atomic E-state index is 0.0915. The highest BCUT2D eigenvalue weighted by atomic mass is 16.5. The summed E-state index contributed by atoms with van der Waals surface area (Å²) in [5.41, 5.74) is -0.0915. The molecule has 0 bridgehead atoms. The van der Waals surface area contributed by atoms with Gasteiger partial charge in [0.05, 0.1) is 6.61 Å². The molecular formula is C11H11NO2. The number of aromatic nitrogens is 1. The third kappa shape index (κ3) is 1.62. The zero-order valence-electron chi connectivity index (χ0n) is 7.91. The van der Waals surface area contributed by atoms with Crippen molar-refractivity contribution in [2.45, 2.75) is 6.92 Å². The fraction of sp³-hybridized carbons (Fsp3) is 0.182. The van der Waals surface area contributed by atoms with Crippen molar-refractivity contribution in [2.24, 2.45) is 0 Å². The van der Waals surface area contributed by atoms with Crippen molar-refractivity contribution in [3.63, 3.8) is 0 Å². The summed E-state index contributed by atoms with van der Waals surface area (Å²) in [6.07, 6.45) is 1.70. The monoisotopic (exact) mass is 189 g/mol. The number of aromatic amines is 1. The first-order valence-electron chi connectivity index (χ1n) is 4.55. The molecule has 3 heteroatoms. The van der Waals surface area contributed by atoms with Crippen molar-refractivity contribution in [3.05, 3.63) is 40.8 Å². The van der Waals surface area contributed by atoms with Gasteiger partial charge >= 0.3 is 0 Å². The summed E-state index contributed by atoms with van der Waals surface area (Å²) in [5, 5.41) is 1.91. The van der Waals surface area contributed by atoms with E-state index in [1.54, 1.807) is 12.3 Å². The molecule has 0 spiro atoms. The van der Waals surface area contributed by atoms with Crippen LogP contribution >= 0.6 is 0 Å². The number of benzene rings is 1. The minimum atomic E-state index is -0.0915. The summed E-state index contributed by atoms with van der Waals surface area (Å²) in [6.45, 7) is 2.57. The van der Waals surface area contributed by atoms with Crippen LogP contribution in [0.2, 0.25) is 0 Å². The average molecular weight is 189 g/mol. The SMILES string of the molecule is CCOc1ccc2c[nH]c(=O)cc2c1. The molecule has 72 valence electrons. The van der Waals surface area contributed by atoms with Crippen LogP contribution in [0.25, 0.3) is 10.8 Å². The molecule has 1 heterocycles. The molecular weight excluding hydrogens is 178 g/mol. The van der Waals surface area contributed by atoms with E-state index in [0.717, 1.165) is 16.5 Å². The number of hydrogen-bond acceptors (Lipinski definition) is 2. The van der Waals surface area contributed by atoms with Crippen LogP contribution in [0.1, 0.15) is 6.92 Å². The van der Waals surface area contributed by atoms with Gasteiger partial charge in [0.2, 0.25) is 5.56 Å². The highest BCUT2D eigenvalue weighted by Crippen LogP contribution is 2.18. The summed E-state index contributed by atoms with van der Waals surface area (Å²) in [4.78, 5) is 13.7. The Balaban J connectivity index is 2.58. The summed E-state index contributed by atoms with van der Waals surface area (Å²) < 4.78 is 5.34. The van der Waals surface area contributed by atoms with Crippen molar-refractivity contribution in [1.29, 1.82) is 0 Å². The standard InChI is InChI=1S/C11H11NO2/c1-2-14-10-4-3-8-7-12-11(13)6-9(8)5-10/h3-7H,2H2,1H3,(H,12,13). The molecule has 0 atom stereocenters. The van der Waals surface area contributed by atoms with E-state index in [2.05, 4.69) is 4.98 Å². The second kappa shape index (κ2) is 3.54. The lowest BCUT2D eigenvalue weighted by Gasteiger charge is -2.03. The van der Waals surface area contributed by atoms with Crippen LogP contribution in [0, 0.1) is 0 Å². The van der Waals surface area contributed by atoms with Crippen molar-refractivity contribution in [1.82, 2.24) is 4.98 Å². The van der Waals surface area contributed by atoms with E-state index in [9.17, 15) is 4.79 Å². The Bertz CT molecular complexity index is 502. The molecule has 14 heavy (non-hydrogen) atoms. The fourth-order valence-electron chi connectivity index (χ4n) is 1.40. The first-order chi connectivity index (χ1) is 6.79. The third-order valence-electron chi connectivity index (χ3n) is 2.03. The number of ether oxygens (including phenoxy) is 1. The smallest absolute Gasteiger partial charge is 0.248 e. The number of hydrogen-bond donors (Lipinski definition) is 1. The Morgan fingerprint density at radius 1 is 1.29 bits per heavy atom. The second-order valence-electron chi connectivity index (χ2n) is 3.02. The van der Waals surface area contributed by atoms with Crippen LogP contribution < -0.4 is 10.3 Å². The van der Waals surface area contributed by atoms with Gasteiger partial charge in [-0.05, 0) is 35.9 Å². The van der Waals surface area contributed by atoms with Crippen molar-refractivity contribution in [3.8, 4) is 5.75 Å². The zero-order chi connectivity index (χ0) is 9.97. The summed E-state index contributed by atoms with van der Waals surface area (Å²) in [5.74, 6) is 0.797. The molecule has 1 aromatic heterocycles. The first kappa shape index (κ1) is 8.81. The highest BCUT2D eigenvalue weighted by molar-refractivity contribution is 5.82. The van der Waals surface area contributed by atoms with Crippen molar-refractivity contribution in [2.75, 3.05) is 6.61 Å². The van der Waals surface area contributed by atoms with Crippen LogP contribution in [0.3, 0.4) is 0 Å². The molecule has 3 nitrogen and oxygen atoms in total. The first-order valence-corrected chi connectivity index (χ1v) is 4.55. The van der Waals surface area contributed by atoms with Crippen LogP contribution in [-0.4, -0.2) is 11.6 Å². The third-order valence-corrected chi connectivity index (χ3v) is 2.03. The number of fused-ring (bicyclic) bond motifs is 1. The van der Waals surface area contributed by atoms with E-state index in [1.165, 1.54) is 0 Å². The Kier molecular flexibility index (Phi) is 2.23. The maximum absolute atomic E-state index is 11.1. The van der Waals surface area contributed by atoms with Gasteiger partial charge in [-0.1, -0.05) is 0 Å². The minimum Gasteiger partial charge on any atom is -0.494 e. The number of nitrogens with one attached hydrogen (secondary N) is 1. The largest absolute Gasteiger partial charge is 0.494 e. The molecule has 0 aliphatic carbocycles. The van der Waals surface area contributed by atoms with E-state index in [0.29, 0.717) is 6.61 Å². The van der Waals surface area contributed by atoms with Gasteiger partial charge in [0, 0.05) is 12.3 Å². The van der Waals surface area contributed by atoms with Gasteiger partial charge in [0.25, 0.3) is 0 Å². The topological polar surface area (TPSA) is 42.1 Å². The van der Waals surface area contributed by atoms with E-state index in [4.69, 9.17) is 4.74 Å². The molecule has 0 saturated carbocycles. The second-order valence-corrected chi connectivity index (χ2v) is 3.02. The normalized spacial score (nSPS) is 10.4. The number of H-pyrrole nitrogens is 1. The van der Waals surface area contributed by atoms with E-state index in [1.807, 2.05) is 25.1 Å². The summed E-state index contributed by atoms with van der Waals surface area (Å²) >= 11 is 0. The van der Waals surface area contributed by atoms with Crippen LogP contribution in [0.15, 0.2) is 35.3 Å². The van der Waals surface area contributed by atoms with Gasteiger partial charge in [0.1, 0.15) is 5.75 Å². The lowest BCUT2D eigenvalue weighted by Crippen LogP contribution is -2.01. The molecule has 0 radical (unpaired) electrons. The van der Waals surface area contributed by atoms with Crippen LogP contribution in [-0.2, 0) is 0 Å².